The Labute approximate surface area is 170 Å². The van der Waals surface area contributed by atoms with Crippen LogP contribution >= 0.6 is 0 Å². The Hall–Kier alpha value is -1.27. The van der Waals surface area contributed by atoms with Gasteiger partial charge in [-0.1, -0.05) is 32.1 Å². The Kier molecular flexibility index (Phi) is 7.26. The predicted octanol–water partition coefficient (Wildman–Crippen LogP) is 4.99. The quantitative estimate of drug-likeness (QED) is 0.632. The highest BCUT2D eigenvalue weighted by molar-refractivity contribution is 5.19. The van der Waals surface area contributed by atoms with Crippen LogP contribution in [-0.2, 0) is 4.84 Å². The minimum absolute atomic E-state index is 0.0903. The molecule has 158 valence electrons. The molecule has 0 unspecified atom stereocenters. The van der Waals surface area contributed by atoms with Crippen molar-refractivity contribution in [2.24, 2.45) is 5.92 Å². The zero-order valence-electron chi connectivity index (χ0n) is 18.3. The third kappa shape index (κ3) is 5.86. The van der Waals surface area contributed by atoms with Crippen LogP contribution in [-0.4, -0.2) is 43.7 Å². The summed E-state index contributed by atoms with van der Waals surface area (Å²) >= 11 is 0. The number of hydrogen-bond donors (Lipinski definition) is 1. The summed E-state index contributed by atoms with van der Waals surface area (Å²) in [5.74, 6) is 1.43. The minimum atomic E-state index is 0.0903. The lowest BCUT2D eigenvalue weighted by Gasteiger charge is -2.55. The number of nitrogens with one attached hydrogen (secondary N) is 1. The largest absolute Gasteiger partial charge is 0.354 e. The normalized spacial score (nSPS) is 23.6. The highest BCUT2D eigenvalue weighted by atomic mass is 16.7. The fourth-order valence-corrected chi connectivity index (χ4v) is 5.37. The number of aromatic nitrogens is 3. The van der Waals surface area contributed by atoms with Crippen LogP contribution in [0.4, 0.5) is 5.95 Å². The van der Waals surface area contributed by atoms with Crippen molar-refractivity contribution in [1.29, 1.82) is 0 Å². The Morgan fingerprint density at radius 3 is 2.29 bits per heavy atom. The smallest absolute Gasteiger partial charge is 0.225 e. The van der Waals surface area contributed by atoms with Crippen molar-refractivity contribution in [2.75, 3.05) is 11.9 Å². The van der Waals surface area contributed by atoms with E-state index in [4.69, 9.17) is 4.84 Å². The maximum absolute atomic E-state index is 6.61. The van der Waals surface area contributed by atoms with Gasteiger partial charge >= 0.3 is 0 Å². The third-order valence-corrected chi connectivity index (χ3v) is 6.30. The number of hydroxylamine groups is 2. The average molecular weight is 390 g/mol. The highest BCUT2D eigenvalue weighted by Crippen LogP contribution is 2.44. The van der Waals surface area contributed by atoms with Gasteiger partial charge in [0, 0.05) is 17.6 Å². The number of piperidine rings is 1. The van der Waals surface area contributed by atoms with Gasteiger partial charge in [-0.25, -0.2) is 15.0 Å². The molecule has 0 atom stereocenters. The van der Waals surface area contributed by atoms with Crippen LogP contribution in [0, 0.1) is 5.92 Å². The van der Waals surface area contributed by atoms with Crippen LogP contribution < -0.4 is 5.32 Å². The van der Waals surface area contributed by atoms with Crippen molar-refractivity contribution < 1.29 is 4.84 Å². The van der Waals surface area contributed by atoms with Gasteiger partial charge in [-0.2, -0.15) is 5.06 Å². The van der Waals surface area contributed by atoms with Crippen molar-refractivity contribution in [3.05, 3.63) is 12.7 Å². The fourth-order valence-electron chi connectivity index (χ4n) is 5.37. The molecule has 1 aromatic heterocycles. The molecule has 0 radical (unpaired) electrons. The molecule has 6 heteroatoms. The van der Waals surface area contributed by atoms with Crippen LogP contribution in [0.5, 0.6) is 0 Å². The van der Waals surface area contributed by atoms with Crippen LogP contribution in [0.3, 0.4) is 0 Å². The van der Waals surface area contributed by atoms with Crippen molar-refractivity contribution in [3.63, 3.8) is 0 Å². The van der Waals surface area contributed by atoms with E-state index in [-0.39, 0.29) is 11.1 Å². The molecule has 2 fully saturated rings. The number of nitrogens with zero attached hydrogens (tertiary/aromatic N) is 4. The molecule has 0 spiro atoms. The molecule has 0 amide bonds. The molecule has 0 aromatic carbocycles. The van der Waals surface area contributed by atoms with E-state index in [1.54, 1.807) is 0 Å². The van der Waals surface area contributed by atoms with Crippen LogP contribution in [0.1, 0.15) is 91.9 Å². The van der Waals surface area contributed by atoms with Gasteiger partial charge in [-0.15, -0.1) is 0 Å². The summed E-state index contributed by atoms with van der Waals surface area (Å²) in [4.78, 5) is 18.7. The molecule has 1 saturated heterocycles. The number of anilines is 1. The topological polar surface area (TPSA) is 63.2 Å². The second kappa shape index (κ2) is 9.49. The molecular formula is C22H39N5O. The van der Waals surface area contributed by atoms with Crippen molar-refractivity contribution >= 4 is 5.95 Å². The molecule has 1 aliphatic heterocycles. The number of unbranched alkanes of at least 4 members (excludes halogenated alkanes) is 1. The lowest BCUT2D eigenvalue weighted by atomic mass is 9.73. The summed E-state index contributed by atoms with van der Waals surface area (Å²) in [6.07, 6.45) is 16.0. The molecule has 1 aromatic rings. The number of hydrogen-bond acceptors (Lipinski definition) is 6. The van der Waals surface area contributed by atoms with E-state index in [9.17, 15) is 0 Å². The summed E-state index contributed by atoms with van der Waals surface area (Å²) in [6, 6.07) is 0. The Morgan fingerprint density at radius 1 is 1.00 bits per heavy atom. The molecule has 28 heavy (non-hydrogen) atoms. The highest BCUT2D eigenvalue weighted by Gasteiger charge is 2.47. The molecule has 1 N–H and O–H groups in total. The van der Waals surface area contributed by atoms with E-state index in [1.165, 1.54) is 70.4 Å². The second-order valence-electron chi connectivity index (χ2n) is 9.94. The Morgan fingerprint density at radius 2 is 1.64 bits per heavy atom. The van der Waals surface area contributed by atoms with Gasteiger partial charge in [0.1, 0.15) is 12.7 Å². The van der Waals surface area contributed by atoms with Gasteiger partial charge < -0.3 is 5.32 Å². The lowest BCUT2D eigenvalue weighted by molar-refractivity contribution is -0.314. The first kappa shape index (κ1) is 21.4. The van der Waals surface area contributed by atoms with E-state index >= 15 is 0 Å². The van der Waals surface area contributed by atoms with E-state index in [2.05, 4.69) is 53.0 Å². The summed E-state index contributed by atoms with van der Waals surface area (Å²) in [5, 5.41) is 5.65. The first-order valence-corrected chi connectivity index (χ1v) is 11.2. The second-order valence-corrected chi connectivity index (χ2v) is 9.94. The van der Waals surface area contributed by atoms with Crippen molar-refractivity contribution in [1.82, 2.24) is 20.0 Å². The minimum Gasteiger partial charge on any atom is -0.354 e. The fraction of sp³-hybridized carbons (Fsp3) is 0.864. The van der Waals surface area contributed by atoms with E-state index < -0.39 is 0 Å². The van der Waals surface area contributed by atoms with E-state index in [0.29, 0.717) is 12.1 Å². The van der Waals surface area contributed by atoms with E-state index in [1.807, 2.05) is 0 Å². The average Bonchev–Trinajstić information content (AvgIpc) is 2.66. The zero-order valence-corrected chi connectivity index (χ0v) is 18.3. The lowest BCUT2D eigenvalue weighted by Crippen LogP contribution is -2.61. The molecule has 3 rings (SSSR count). The third-order valence-electron chi connectivity index (χ3n) is 6.30. The molecule has 2 heterocycles. The molecule has 2 aliphatic rings. The Bertz CT molecular complexity index is 568. The first-order valence-electron chi connectivity index (χ1n) is 11.2. The van der Waals surface area contributed by atoms with Crippen LogP contribution in [0.2, 0.25) is 0 Å². The number of rotatable bonds is 8. The summed E-state index contributed by atoms with van der Waals surface area (Å²) in [7, 11) is 0. The van der Waals surface area contributed by atoms with Crippen molar-refractivity contribution in [3.8, 4) is 0 Å². The van der Waals surface area contributed by atoms with Gasteiger partial charge in [-0.05, 0) is 65.7 Å². The van der Waals surface area contributed by atoms with Gasteiger partial charge in [0.15, 0.2) is 0 Å². The molecule has 0 bridgehead atoms. The Balaban J connectivity index is 1.45. The molecular weight excluding hydrogens is 350 g/mol. The van der Waals surface area contributed by atoms with E-state index in [0.717, 1.165) is 18.9 Å². The maximum atomic E-state index is 6.61. The van der Waals surface area contributed by atoms with Gasteiger partial charge in [0.2, 0.25) is 5.95 Å². The SMILES string of the molecule is CC1(C)CC(CCCCNc2ncncn2)CC(C)(C)N1OC1CCCCC1. The molecule has 1 saturated carbocycles. The first-order chi connectivity index (χ1) is 13.4. The van der Waals surface area contributed by atoms with Crippen molar-refractivity contribution in [2.45, 2.75) is 109 Å². The standard InChI is InChI=1S/C22H39N5O/c1-21(2)14-18(10-8-9-13-24-20-25-16-23-17-26-20)15-22(3,4)27(21)28-19-11-6-5-7-12-19/h16-19H,5-15H2,1-4H3,(H,23,24,25,26). The van der Waals surface area contributed by atoms with Gasteiger partial charge in [0.25, 0.3) is 0 Å². The molecule has 1 aliphatic carbocycles. The summed E-state index contributed by atoms with van der Waals surface area (Å²) < 4.78 is 0. The van der Waals surface area contributed by atoms with Crippen LogP contribution in [0.25, 0.3) is 0 Å². The van der Waals surface area contributed by atoms with Gasteiger partial charge in [0.05, 0.1) is 6.10 Å². The summed E-state index contributed by atoms with van der Waals surface area (Å²) in [6.45, 7) is 10.4. The predicted molar refractivity (Wildman–Crippen MR) is 113 cm³/mol. The monoisotopic (exact) mass is 389 g/mol. The maximum Gasteiger partial charge on any atom is 0.225 e. The van der Waals surface area contributed by atoms with Gasteiger partial charge in [-0.3, -0.25) is 4.84 Å². The zero-order chi connectivity index (χ0) is 20.0. The molecule has 6 nitrogen and oxygen atoms in total. The van der Waals surface area contributed by atoms with Crippen LogP contribution in [0.15, 0.2) is 12.7 Å². The summed E-state index contributed by atoms with van der Waals surface area (Å²) in [5.41, 5.74) is 0.181.